The number of pyridine rings is 1. The van der Waals surface area contributed by atoms with E-state index in [0.29, 0.717) is 28.5 Å². The first kappa shape index (κ1) is 25.0. The van der Waals surface area contributed by atoms with E-state index in [4.69, 9.17) is 9.97 Å². The second kappa shape index (κ2) is 9.57. The van der Waals surface area contributed by atoms with E-state index in [0.717, 1.165) is 63.1 Å². The Kier molecular flexibility index (Phi) is 5.97. The molecule has 1 aromatic carbocycles. The standard InChI is InChI=1S/C30H34N8O2/c1-3-14-37-28(40)23-19-31-29(32-21-5-7-22(8-6-21)36-17-15-35(2)16-18-36)34-27(23)38(37)24-9-4-20-10-11-30(12-13-30)26(39)25(20)33-24/h3-9,19,26,39H,1,10-18H2,2H3,(H,31,32,34)/t26-/m1/s1. The van der Waals surface area contributed by atoms with Gasteiger partial charge in [-0.25, -0.2) is 19.3 Å². The van der Waals surface area contributed by atoms with Crippen LogP contribution >= 0.6 is 0 Å². The van der Waals surface area contributed by atoms with Crippen molar-refractivity contribution in [2.24, 2.45) is 5.41 Å². The third-order valence-corrected chi connectivity index (χ3v) is 8.81. The number of benzene rings is 1. The first-order valence-electron chi connectivity index (χ1n) is 14.0. The molecule has 0 bridgehead atoms. The van der Waals surface area contributed by atoms with Crippen molar-refractivity contribution in [3.05, 3.63) is 76.9 Å². The molecule has 0 amide bonds. The highest BCUT2D eigenvalue weighted by atomic mass is 16.3. The normalized spacial score (nSPS) is 20.1. The van der Waals surface area contributed by atoms with E-state index in [9.17, 15) is 9.90 Å². The second-order valence-corrected chi connectivity index (χ2v) is 11.4. The third kappa shape index (κ3) is 4.18. The molecule has 2 N–H and O–H groups in total. The lowest BCUT2D eigenvalue weighted by Crippen LogP contribution is -2.44. The number of nitrogens with zero attached hydrogens (tertiary/aromatic N) is 7. The molecule has 0 radical (unpaired) electrons. The summed E-state index contributed by atoms with van der Waals surface area (Å²) < 4.78 is 3.29. The van der Waals surface area contributed by atoms with Gasteiger partial charge in [0.25, 0.3) is 5.56 Å². The summed E-state index contributed by atoms with van der Waals surface area (Å²) in [6, 6.07) is 12.2. The number of nitrogens with one attached hydrogen (secondary N) is 1. The molecule has 3 aromatic heterocycles. The largest absolute Gasteiger partial charge is 0.386 e. The van der Waals surface area contributed by atoms with Gasteiger partial charge in [0.05, 0.1) is 12.2 Å². The van der Waals surface area contributed by atoms with Gasteiger partial charge < -0.3 is 20.2 Å². The summed E-state index contributed by atoms with van der Waals surface area (Å²) in [5.41, 5.74) is 4.06. The second-order valence-electron chi connectivity index (χ2n) is 11.4. The Hall–Kier alpha value is -4.02. The number of aromatic nitrogens is 5. The van der Waals surface area contributed by atoms with Gasteiger partial charge in [-0.3, -0.25) is 4.79 Å². The number of piperazine rings is 1. The predicted molar refractivity (Wildman–Crippen MR) is 155 cm³/mol. The predicted octanol–water partition coefficient (Wildman–Crippen LogP) is 3.42. The smallest absolute Gasteiger partial charge is 0.278 e. The Balaban J connectivity index is 1.23. The monoisotopic (exact) mass is 538 g/mol. The highest BCUT2D eigenvalue weighted by Gasteiger charge is 2.52. The van der Waals surface area contributed by atoms with Crippen molar-refractivity contribution < 1.29 is 5.11 Å². The highest BCUT2D eigenvalue weighted by molar-refractivity contribution is 5.77. The molecule has 4 aromatic rings. The first-order valence-corrected chi connectivity index (χ1v) is 14.0. The molecule has 0 unspecified atom stereocenters. The number of hydrogen-bond acceptors (Lipinski definition) is 8. The van der Waals surface area contributed by atoms with E-state index in [1.165, 1.54) is 5.69 Å². The molecule has 3 aliphatic rings. The molecule has 7 rings (SSSR count). The lowest BCUT2D eigenvalue weighted by molar-refractivity contribution is 0.0734. The number of aliphatic hydroxyl groups is 1. The van der Waals surface area contributed by atoms with Crippen molar-refractivity contribution in [2.75, 3.05) is 43.4 Å². The molecule has 2 aliphatic carbocycles. The molecule has 40 heavy (non-hydrogen) atoms. The minimum atomic E-state index is -0.585. The van der Waals surface area contributed by atoms with Crippen LogP contribution in [-0.2, 0) is 13.0 Å². The SMILES string of the molecule is C=CCn1c(=O)c2cnc(Nc3ccc(N4CCN(C)CC4)cc3)nc2n1-c1ccc2c(n1)[C@@H](O)C1(CC2)CC1. The summed E-state index contributed by atoms with van der Waals surface area (Å²) in [5.74, 6) is 0.935. The van der Waals surface area contributed by atoms with E-state index in [1.807, 2.05) is 24.3 Å². The zero-order chi connectivity index (χ0) is 27.4. The van der Waals surface area contributed by atoms with Gasteiger partial charge in [-0.1, -0.05) is 12.1 Å². The van der Waals surface area contributed by atoms with E-state index in [2.05, 4.69) is 45.9 Å². The fourth-order valence-corrected chi connectivity index (χ4v) is 6.11. The number of aliphatic hydroxyl groups excluding tert-OH is 1. The molecule has 1 saturated carbocycles. The van der Waals surface area contributed by atoms with Crippen molar-refractivity contribution in [1.82, 2.24) is 29.2 Å². The molecule has 2 fully saturated rings. The van der Waals surface area contributed by atoms with Crippen LogP contribution in [-0.4, -0.2) is 67.5 Å². The van der Waals surface area contributed by atoms with Gasteiger partial charge in [0.1, 0.15) is 11.5 Å². The van der Waals surface area contributed by atoms with Crippen LogP contribution in [0.2, 0.25) is 0 Å². The van der Waals surface area contributed by atoms with Crippen molar-refractivity contribution >= 4 is 28.4 Å². The van der Waals surface area contributed by atoms with E-state index in [-0.39, 0.29) is 17.5 Å². The molecular formula is C30H34N8O2. The number of hydrogen-bond donors (Lipinski definition) is 2. The third-order valence-electron chi connectivity index (χ3n) is 8.81. The minimum Gasteiger partial charge on any atom is -0.386 e. The number of fused-ring (bicyclic) bond motifs is 2. The van der Waals surface area contributed by atoms with Crippen LogP contribution in [0.5, 0.6) is 0 Å². The number of aryl methyl sites for hydroxylation is 1. The summed E-state index contributed by atoms with van der Waals surface area (Å²) in [4.78, 5) is 32.2. The molecule has 4 heterocycles. The molecule has 1 atom stereocenters. The fourth-order valence-electron chi connectivity index (χ4n) is 6.11. The maximum Gasteiger partial charge on any atom is 0.278 e. The quantitative estimate of drug-likeness (QED) is 0.360. The van der Waals surface area contributed by atoms with Crippen molar-refractivity contribution in [2.45, 2.75) is 38.3 Å². The average Bonchev–Trinajstić information content (AvgIpc) is 3.71. The van der Waals surface area contributed by atoms with Crippen molar-refractivity contribution in [3.8, 4) is 5.82 Å². The summed E-state index contributed by atoms with van der Waals surface area (Å²) in [6.45, 7) is 8.26. The van der Waals surface area contributed by atoms with Gasteiger partial charge in [0.15, 0.2) is 11.5 Å². The van der Waals surface area contributed by atoms with Gasteiger partial charge in [-0.2, -0.15) is 4.98 Å². The summed E-state index contributed by atoms with van der Waals surface area (Å²) in [5, 5.41) is 14.8. The van der Waals surface area contributed by atoms with E-state index < -0.39 is 6.10 Å². The molecule has 206 valence electrons. The lowest BCUT2D eigenvalue weighted by atomic mass is 9.82. The van der Waals surface area contributed by atoms with Gasteiger partial charge in [-0.05, 0) is 68.6 Å². The highest BCUT2D eigenvalue weighted by Crippen LogP contribution is 2.60. The zero-order valence-electron chi connectivity index (χ0n) is 22.8. The van der Waals surface area contributed by atoms with E-state index >= 15 is 0 Å². The number of likely N-dealkylation sites (N-methyl/N-ethyl adjacent to an activating group) is 1. The van der Waals surface area contributed by atoms with Crippen LogP contribution in [0.1, 0.15) is 36.6 Å². The van der Waals surface area contributed by atoms with Gasteiger partial charge in [0.2, 0.25) is 5.95 Å². The number of rotatable bonds is 6. The van der Waals surface area contributed by atoms with Crippen LogP contribution < -0.4 is 15.8 Å². The number of anilines is 3. The molecule has 1 aliphatic heterocycles. The molecule has 1 spiro atoms. The van der Waals surface area contributed by atoms with Gasteiger partial charge in [-0.15, -0.1) is 6.58 Å². The van der Waals surface area contributed by atoms with Crippen LogP contribution in [0.4, 0.5) is 17.3 Å². The molecule has 10 nitrogen and oxygen atoms in total. The summed E-state index contributed by atoms with van der Waals surface area (Å²) in [6.07, 6.45) is 6.63. The van der Waals surface area contributed by atoms with Crippen LogP contribution in [0.15, 0.2) is 60.0 Å². The first-order chi connectivity index (χ1) is 19.5. The maximum absolute atomic E-state index is 13.4. The van der Waals surface area contributed by atoms with Crippen LogP contribution in [0, 0.1) is 5.41 Å². The van der Waals surface area contributed by atoms with Crippen molar-refractivity contribution in [3.63, 3.8) is 0 Å². The molecule has 1 saturated heterocycles. The Morgan fingerprint density at radius 3 is 2.58 bits per heavy atom. The lowest BCUT2D eigenvalue weighted by Gasteiger charge is -2.34. The Labute approximate surface area is 232 Å². The Morgan fingerprint density at radius 2 is 1.85 bits per heavy atom. The van der Waals surface area contributed by atoms with Crippen LogP contribution in [0.3, 0.4) is 0 Å². The van der Waals surface area contributed by atoms with Gasteiger partial charge >= 0.3 is 0 Å². The van der Waals surface area contributed by atoms with Crippen molar-refractivity contribution in [1.29, 1.82) is 0 Å². The number of allylic oxidation sites excluding steroid dienone is 1. The summed E-state index contributed by atoms with van der Waals surface area (Å²) >= 11 is 0. The van der Waals surface area contributed by atoms with Gasteiger partial charge in [0, 0.05) is 49.2 Å². The molecule has 10 heteroatoms. The average molecular weight is 539 g/mol. The maximum atomic E-state index is 13.4. The topological polar surface area (TPSA) is 104 Å². The minimum absolute atomic E-state index is 0.0304. The Bertz CT molecular complexity index is 1640. The fraction of sp³-hybridized carbons (Fsp3) is 0.400. The molecular weight excluding hydrogens is 504 g/mol. The van der Waals surface area contributed by atoms with E-state index in [1.54, 1.807) is 21.6 Å². The van der Waals surface area contributed by atoms with Crippen LogP contribution in [0.25, 0.3) is 16.9 Å². The zero-order valence-corrected chi connectivity index (χ0v) is 22.8. The summed E-state index contributed by atoms with van der Waals surface area (Å²) in [7, 11) is 2.15. The Morgan fingerprint density at radius 1 is 1.07 bits per heavy atom.